The van der Waals surface area contributed by atoms with E-state index in [9.17, 15) is 9.59 Å². The van der Waals surface area contributed by atoms with E-state index in [0.717, 1.165) is 26.1 Å². The van der Waals surface area contributed by atoms with E-state index in [2.05, 4.69) is 5.32 Å². The molecule has 0 spiro atoms. The van der Waals surface area contributed by atoms with E-state index < -0.39 is 11.4 Å². The number of nitrogens with zero attached hydrogens (tertiary/aromatic N) is 1. The van der Waals surface area contributed by atoms with Crippen molar-refractivity contribution in [3.63, 3.8) is 0 Å². The molecule has 0 radical (unpaired) electrons. The first-order valence-electron chi connectivity index (χ1n) is 7.35. The number of carbonyl (C=O) groups is 2. The van der Waals surface area contributed by atoms with Gasteiger partial charge in [-0.05, 0) is 38.5 Å². The molecule has 2 saturated heterocycles. The molecule has 0 aromatic carbocycles. The fraction of sp³-hybridized carbons (Fsp3) is 0.857. The Hall–Kier alpha value is -1.30. The quantitative estimate of drug-likeness (QED) is 0.816. The molecule has 0 saturated carbocycles. The van der Waals surface area contributed by atoms with Crippen LogP contribution >= 0.6 is 0 Å². The largest absolute Gasteiger partial charge is 0.481 e. The Morgan fingerprint density at radius 3 is 2.65 bits per heavy atom. The minimum atomic E-state index is -0.765. The van der Waals surface area contributed by atoms with Gasteiger partial charge in [0.05, 0.1) is 5.41 Å². The van der Waals surface area contributed by atoms with Gasteiger partial charge in [-0.1, -0.05) is 0 Å². The summed E-state index contributed by atoms with van der Waals surface area (Å²) in [5.41, 5.74) is -0.683. The molecule has 6 heteroatoms. The van der Waals surface area contributed by atoms with E-state index in [1.165, 1.54) is 0 Å². The van der Waals surface area contributed by atoms with Crippen LogP contribution in [0.3, 0.4) is 0 Å². The molecule has 2 amide bonds. The van der Waals surface area contributed by atoms with Crippen LogP contribution in [-0.2, 0) is 9.53 Å². The standard InChI is InChI=1S/C14H24N2O4/c1-14(12(17)18)4-7-16(8-5-14)13(19)15-6-2-11-3-9-20-10-11/h11H,2-10H2,1H3,(H,15,19)(H,17,18). The molecule has 2 heterocycles. The van der Waals surface area contributed by atoms with E-state index in [4.69, 9.17) is 9.84 Å². The van der Waals surface area contributed by atoms with Gasteiger partial charge in [0, 0.05) is 32.8 Å². The van der Waals surface area contributed by atoms with E-state index >= 15 is 0 Å². The summed E-state index contributed by atoms with van der Waals surface area (Å²) in [7, 11) is 0. The highest BCUT2D eigenvalue weighted by molar-refractivity contribution is 5.76. The maximum Gasteiger partial charge on any atom is 0.317 e. The predicted octanol–water partition coefficient (Wildman–Crippen LogP) is 1.31. The second-order valence-corrected chi connectivity index (χ2v) is 6.10. The van der Waals surface area contributed by atoms with Crippen LogP contribution in [-0.4, -0.2) is 54.9 Å². The molecular formula is C14H24N2O4. The molecule has 0 bridgehead atoms. The van der Waals surface area contributed by atoms with Gasteiger partial charge in [0.1, 0.15) is 0 Å². The number of nitrogens with one attached hydrogen (secondary N) is 1. The molecule has 114 valence electrons. The number of carbonyl (C=O) groups excluding carboxylic acids is 1. The number of hydrogen-bond donors (Lipinski definition) is 2. The van der Waals surface area contributed by atoms with Crippen LogP contribution in [0.2, 0.25) is 0 Å². The number of hydrogen-bond acceptors (Lipinski definition) is 3. The van der Waals surface area contributed by atoms with Gasteiger partial charge in [-0.25, -0.2) is 4.79 Å². The average Bonchev–Trinajstić information content (AvgIpc) is 2.92. The van der Waals surface area contributed by atoms with E-state index in [1.54, 1.807) is 11.8 Å². The number of piperidine rings is 1. The zero-order valence-corrected chi connectivity index (χ0v) is 12.1. The second kappa shape index (κ2) is 6.43. The van der Waals surface area contributed by atoms with Crippen LogP contribution < -0.4 is 5.32 Å². The van der Waals surface area contributed by atoms with Crippen molar-refractivity contribution in [2.45, 2.75) is 32.6 Å². The van der Waals surface area contributed by atoms with Crippen LogP contribution in [0, 0.1) is 11.3 Å². The Balaban J connectivity index is 1.67. The van der Waals surface area contributed by atoms with Crippen molar-refractivity contribution < 1.29 is 19.4 Å². The Morgan fingerprint density at radius 2 is 2.10 bits per heavy atom. The minimum Gasteiger partial charge on any atom is -0.481 e. The number of amides is 2. The number of carboxylic acid groups (broad SMARTS) is 1. The smallest absolute Gasteiger partial charge is 0.317 e. The molecule has 0 aliphatic carbocycles. The van der Waals surface area contributed by atoms with Gasteiger partial charge in [0.15, 0.2) is 0 Å². The average molecular weight is 284 g/mol. The highest BCUT2D eigenvalue weighted by Gasteiger charge is 2.37. The number of carboxylic acids is 1. The lowest BCUT2D eigenvalue weighted by molar-refractivity contribution is -0.150. The van der Waals surface area contributed by atoms with Crippen molar-refractivity contribution >= 4 is 12.0 Å². The normalized spacial score (nSPS) is 25.4. The lowest BCUT2D eigenvalue weighted by atomic mass is 9.80. The van der Waals surface area contributed by atoms with Crippen LogP contribution in [0.25, 0.3) is 0 Å². The van der Waals surface area contributed by atoms with Gasteiger partial charge < -0.3 is 20.1 Å². The van der Waals surface area contributed by atoms with Crippen molar-refractivity contribution in [1.82, 2.24) is 10.2 Å². The summed E-state index contributed by atoms with van der Waals surface area (Å²) in [6.07, 6.45) is 3.07. The van der Waals surface area contributed by atoms with E-state index in [0.29, 0.717) is 38.4 Å². The molecule has 20 heavy (non-hydrogen) atoms. The van der Waals surface area contributed by atoms with Crippen LogP contribution in [0.15, 0.2) is 0 Å². The molecule has 6 nitrogen and oxygen atoms in total. The maximum atomic E-state index is 12.0. The minimum absolute atomic E-state index is 0.0728. The second-order valence-electron chi connectivity index (χ2n) is 6.10. The highest BCUT2D eigenvalue weighted by atomic mass is 16.5. The molecule has 0 aromatic rings. The van der Waals surface area contributed by atoms with Gasteiger partial charge in [-0.15, -0.1) is 0 Å². The molecule has 1 unspecified atom stereocenters. The van der Waals surface area contributed by atoms with Crippen LogP contribution in [0.5, 0.6) is 0 Å². The monoisotopic (exact) mass is 284 g/mol. The lowest BCUT2D eigenvalue weighted by Gasteiger charge is -2.36. The first-order valence-corrected chi connectivity index (χ1v) is 7.35. The summed E-state index contributed by atoms with van der Waals surface area (Å²) in [5, 5.41) is 12.1. The zero-order valence-electron chi connectivity index (χ0n) is 12.1. The van der Waals surface area contributed by atoms with Crippen LogP contribution in [0.4, 0.5) is 4.79 Å². The highest BCUT2D eigenvalue weighted by Crippen LogP contribution is 2.30. The summed E-state index contributed by atoms with van der Waals surface area (Å²) >= 11 is 0. The summed E-state index contributed by atoms with van der Waals surface area (Å²) in [6.45, 7) is 5.08. The van der Waals surface area contributed by atoms with Gasteiger partial charge in [-0.3, -0.25) is 4.79 Å². The Kier molecular flexibility index (Phi) is 4.86. The fourth-order valence-electron chi connectivity index (χ4n) is 2.72. The molecule has 2 aliphatic heterocycles. The zero-order chi connectivity index (χ0) is 14.6. The summed E-state index contributed by atoms with van der Waals surface area (Å²) in [5.74, 6) is -0.203. The molecule has 1 atom stereocenters. The summed E-state index contributed by atoms with van der Waals surface area (Å²) in [6, 6.07) is -0.0728. The third kappa shape index (κ3) is 3.62. The van der Waals surface area contributed by atoms with E-state index in [-0.39, 0.29) is 6.03 Å². The number of ether oxygens (including phenoxy) is 1. The molecule has 2 aliphatic rings. The fourth-order valence-corrected chi connectivity index (χ4v) is 2.72. The summed E-state index contributed by atoms with van der Waals surface area (Å²) < 4.78 is 5.30. The van der Waals surface area contributed by atoms with Gasteiger partial charge in [0.2, 0.25) is 0 Å². The Morgan fingerprint density at radius 1 is 1.40 bits per heavy atom. The molecule has 2 N–H and O–H groups in total. The maximum absolute atomic E-state index is 12.0. The molecule has 2 fully saturated rings. The van der Waals surface area contributed by atoms with Crippen molar-refractivity contribution in [1.29, 1.82) is 0 Å². The first kappa shape index (κ1) is 15.1. The van der Waals surface area contributed by atoms with Crippen LogP contribution in [0.1, 0.15) is 32.6 Å². The number of rotatable bonds is 4. The van der Waals surface area contributed by atoms with Gasteiger partial charge in [0.25, 0.3) is 0 Å². The third-order valence-corrected chi connectivity index (χ3v) is 4.52. The number of urea groups is 1. The predicted molar refractivity (Wildman–Crippen MR) is 73.5 cm³/mol. The van der Waals surface area contributed by atoms with E-state index in [1.807, 2.05) is 0 Å². The van der Waals surface area contributed by atoms with Crippen molar-refractivity contribution in [3.05, 3.63) is 0 Å². The molecule has 0 aromatic heterocycles. The SMILES string of the molecule is CC1(C(=O)O)CCN(C(=O)NCCC2CCOC2)CC1. The number of aliphatic carboxylic acids is 1. The van der Waals surface area contributed by atoms with Crippen molar-refractivity contribution in [3.8, 4) is 0 Å². The van der Waals surface area contributed by atoms with Gasteiger partial charge >= 0.3 is 12.0 Å². The Bertz CT molecular complexity index is 358. The molecular weight excluding hydrogens is 260 g/mol. The molecule has 2 rings (SSSR count). The first-order chi connectivity index (χ1) is 9.51. The topological polar surface area (TPSA) is 78.9 Å². The lowest BCUT2D eigenvalue weighted by Crippen LogP contribution is -2.48. The van der Waals surface area contributed by atoms with Gasteiger partial charge in [-0.2, -0.15) is 0 Å². The Labute approximate surface area is 119 Å². The number of likely N-dealkylation sites (tertiary alicyclic amines) is 1. The van der Waals surface area contributed by atoms with Crippen molar-refractivity contribution in [2.24, 2.45) is 11.3 Å². The summed E-state index contributed by atoms with van der Waals surface area (Å²) in [4.78, 5) is 24.8. The third-order valence-electron chi connectivity index (χ3n) is 4.52. The van der Waals surface area contributed by atoms with Crippen molar-refractivity contribution in [2.75, 3.05) is 32.8 Å².